The van der Waals surface area contributed by atoms with Gasteiger partial charge in [-0.25, -0.2) is 15.0 Å². The second kappa shape index (κ2) is 7.47. The highest BCUT2D eigenvalue weighted by Crippen LogP contribution is 2.21. The summed E-state index contributed by atoms with van der Waals surface area (Å²) in [4.78, 5) is 20.7. The molecule has 3 heterocycles. The van der Waals surface area contributed by atoms with Gasteiger partial charge in [0.05, 0.1) is 0 Å². The van der Waals surface area contributed by atoms with Crippen molar-refractivity contribution in [3.05, 3.63) is 36.3 Å². The minimum absolute atomic E-state index is 0.835. The quantitative estimate of drug-likeness (QED) is 0.841. The van der Waals surface area contributed by atoms with Crippen LogP contribution in [-0.2, 0) is 0 Å². The second-order valence-electron chi connectivity index (χ2n) is 5.97. The van der Waals surface area contributed by atoms with Crippen LogP contribution < -0.4 is 14.7 Å². The van der Waals surface area contributed by atoms with Gasteiger partial charge in [-0.1, -0.05) is 6.07 Å². The van der Waals surface area contributed by atoms with Crippen LogP contribution >= 0.6 is 0 Å². The SMILES string of the molecule is CCN(CC)c1cc(N2CCN(c3ccccn3)CC2)nc(C)n1. The van der Waals surface area contributed by atoms with E-state index in [1.165, 1.54) is 0 Å². The van der Waals surface area contributed by atoms with Gasteiger partial charge in [0.15, 0.2) is 0 Å². The van der Waals surface area contributed by atoms with Gasteiger partial charge in [0, 0.05) is 51.5 Å². The van der Waals surface area contributed by atoms with E-state index < -0.39 is 0 Å². The predicted molar refractivity (Wildman–Crippen MR) is 99.0 cm³/mol. The Morgan fingerprint density at radius 1 is 0.958 bits per heavy atom. The highest BCUT2D eigenvalue weighted by molar-refractivity contribution is 5.52. The summed E-state index contributed by atoms with van der Waals surface area (Å²) < 4.78 is 0. The molecule has 2 aromatic rings. The molecule has 24 heavy (non-hydrogen) atoms. The zero-order valence-corrected chi connectivity index (χ0v) is 14.8. The van der Waals surface area contributed by atoms with Gasteiger partial charge in [-0.3, -0.25) is 0 Å². The van der Waals surface area contributed by atoms with Gasteiger partial charge in [-0.05, 0) is 32.9 Å². The summed E-state index contributed by atoms with van der Waals surface area (Å²) in [6.07, 6.45) is 1.85. The lowest BCUT2D eigenvalue weighted by Gasteiger charge is -2.36. The van der Waals surface area contributed by atoms with Crippen molar-refractivity contribution in [2.24, 2.45) is 0 Å². The number of aromatic nitrogens is 3. The summed E-state index contributed by atoms with van der Waals surface area (Å²) in [6, 6.07) is 8.19. The average Bonchev–Trinajstić information content (AvgIpc) is 2.63. The molecule has 0 saturated carbocycles. The molecule has 0 aromatic carbocycles. The lowest BCUT2D eigenvalue weighted by atomic mass is 10.3. The van der Waals surface area contributed by atoms with Crippen LogP contribution in [0.3, 0.4) is 0 Å². The molecule has 0 N–H and O–H groups in total. The molecule has 6 nitrogen and oxygen atoms in total. The Bertz CT molecular complexity index is 648. The van der Waals surface area contributed by atoms with Crippen molar-refractivity contribution in [2.75, 3.05) is 54.0 Å². The molecular formula is C18H26N6. The van der Waals surface area contributed by atoms with E-state index in [2.05, 4.69) is 55.6 Å². The van der Waals surface area contributed by atoms with E-state index in [1.807, 2.05) is 25.3 Å². The number of rotatable bonds is 5. The molecule has 0 unspecified atom stereocenters. The van der Waals surface area contributed by atoms with Crippen molar-refractivity contribution in [3.8, 4) is 0 Å². The molecular weight excluding hydrogens is 300 g/mol. The monoisotopic (exact) mass is 326 g/mol. The third-order valence-corrected chi connectivity index (χ3v) is 4.48. The molecule has 0 spiro atoms. The third-order valence-electron chi connectivity index (χ3n) is 4.48. The van der Waals surface area contributed by atoms with E-state index in [0.29, 0.717) is 0 Å². The fourth-order valence-corrected chi connectivity index (χ4v) is 3.11. The smallest absolute Gasteiger partial charge is 0.134 e. The van der Waals surface area contributed by atoms with Crippen LogP contribution in [0.5, 0.6) is 0 Å². The number of aryl methyl sites for hydroxylation is 1. The summed E-state index contributed by atoms with van der Waals surface area (Å²) in [5.41, 5.74) is 0. The number of anilines is 3. The first-order chi connectivity index (χ1) is 11.7. The Morgan fingerprint density at radius 2 is 1.62 bits per heavy atom. The molecule has 0 atom stereocenters. The van der Waals surface area contributed by atoms with Gasteiger partial charge in [0.25, 0.3) is 0 Å². The molecule has 0 radical (unpaired) electrons. The summed E-state index contributed by atoms with van der Waals surface area (Å²) in [6.45, 7) is 12.0. The van der Waals surface area contributed by atoms with Crippen molar-refractivity contribution in [2.45, 2.75) is 20.8 Å². The molecule has 1 aliphatic rings. The van der Waals surface area contributed by atoms with Crippen LogP contribution in [0.4, 0.5) is 17.5 Å². The fraction of sp³-hybridized carbons (Fsp3) is 0.500. The lowest BCUT2D eigenvalue weighted by molar-refractivity contribution is 0.639. The number of hydrogen-bond acceptors (Lipinski definition) is 6. The highest BCUT2D eigenvalue weighted by Gasteiger charge is 2.20. The first-order valence-corrected chi connectivity index (χ1v) is 8.72. The van der Waals surface area contributed by atoms with Crippen molar-refractivity contribution in [3.63, 3.8) is 0 Å². The molecule has 0 aliphatic carbocycles. The molecule has 128 valence electrons. The summed E-state index contributed by atoms with van der Waals surface area (Å²) in [7, 11) is 0. The number of nitrogens with zero attached hydrogens (tertiary/aromatic N) is 6. The summed E-state index contributed by atoms with van der Waals surface area (Å²) in [5, 5.41) is 0. The summed E-state index contributed by atoms with van der Waals surface area (Å²) in [5.74, 6) is 3.95. The van der Waals surface area contributed by atoms with Crippen LogP contribution in [0.1, 0.15) is 19.7 Å². The zero-order chi connectivity index (χ0) is 16.9. The third kappa shape index (κ3) is 3.58. The van der Waals surface area contributed by atoms with Gasteiger partial charge in [-0.2, -0.15) is 0 Å². The van der Waals surface area contributed by atoms with Crippen LogP contribution in [0.15, 0.2) is 30.5 Å². The Balaban J connectivity index is 1.72. The Labute approximate surface area is 144 Å². The minimum Gasteiger partial charge on any atom is -0.357 e. The van der Waals surface area contributed by atoms with Crippen molar-refractivity contribution < 1.29 is 0 Å². The predicted octanol–water partition coefficient (Wildman–Crippen LogP) is 2.35. The molecule has 1 fully saturated rings. The zero-order valence-electron chi connectivity index (χ0n) is 14.8. The molecule has 6 heteroatoms. The van der Waals surface area contributed by atoms with Gasteiger partial charge < -0.3 is 14.7 Å². The van der Waals surface area contributed by atoms with E-state index in [9.17, 15) is 0 Å². The molecule has 2 aromatic heterocycles. The van der Waals surface area contributed by atoms with E-state index in [-0.39, 0.29) is 0 Å². The first-order valence-electron chi connectivity index (χ1n) is 8.72. The van der Waals surface area contributed by atoms with Gasteiger partial charge in [0.2, 0.25) is 0 Å². The van der Waals surface area contributed by atoms with Gasteiger partial charge in [0.1, 0.15) is 23.3 Å². The first kappa shape index (κ1) is 16.5. The van der Waals surface area contributed by atoms with Gasteiger partial charge in [-0.15, -0.1) is 0 Å². The Hall–Kier alpha value is -2.37. The van der Waals surface area contributed by atoms with Crippen LogP contribution in [-0.4, -0.2) is 54.2 Å². The van der Waals surface area contributed by atoms with Crippen molar-refractivity contribution >= 4 is 17.5 Å². The largest absolute Gasteiger partial charge is 0.357 e. The van der Waals surface area contributed by atoms with E-state index in [1.54, 1.807) is 0 Å². The van der Waals surface area contributed by atoms with E-state index >= 15 is 0 Å². The molecule has 3 rings (SSSR count). The topological polar surface area (TPSA) is 48.4 Å². The maximum absolute atomic E-state index is 4.66. The maximum atomic E-state index is 4.66. The van der Waals surface area contributed by atoms with E-state index in [0.717, 1.165) is 62.5 Å². The Kier molecular flexibility index (Phi) is 5.13. The van der Waals surface area contributed by atoms with E-state index in [4.69, 9.17) is 0 Å². The standard InChI is InChI=1S/C18H26N6/c1-4-22(5-2)17-14-18(21-15(3)20-17)24-12-10-23(11-13-24)16-8-6-7-9-19-16/h6-9,14H,4-5,10-13H2,1-3H3. The fourth-order valence-electron chi connectivity index (χ4n) is 3.11. The summed E-state index contributed by atoms with van der Waals surface area (Å²) >= 11 is 0. The average molecular weight is 326 g/mol. The lowest BCUT2D eigenvalue weighted by Crippen LogP contribution is -2.47. The van der Waals surface area contributed by atoms with Crippen molar-refractivity contribution in [1.82, 2.24) is 15.0 Å². The molecule has 0 bridgehead atoms. The highest BCUT2D eigenvalue weighted by atomic mass is 15.3. The van der Waals surface area contributed by atoms with Gasteiger partial charge >= 0.3 is 0 Å². The van der Waals surface area contributed by atoms with Crippen LogP contribution in [0.25, 0.3) is 0 Å². The number of piperazine rings is 1. The number of hydrogen-bond donors (Lipinski definition) is 0. The molecule has 0 amide bonds. The number of pyridine rings is 1. The Morgan fingerprint density at radius 3 is 2.21 bits per heavy atom. The minimum atomic E-state index is 0.835. The maximum Gasteiger partial charge on any atom is 0.134 e. The normalized spacial score (nSPS) is 14.8. The second-order valence-corrected chi connectivity index (χ2v) is 5.97. The van der Waals surface area contributed by atoms with Crippen LogP contribution in [0, 0.1) is 6.92 Å². The van der Waals surface area contributed by atoms with Crippen molar-refractivity contribution in [1.29, 1.82) is 0 Å². The van der Waals surface area contributed by atoms with Crippen LogP contribution in [0.2, 0.25) is 0 Å². The molecule has 1 aliphatic heterocycles. The molecule has 1 saturated heterocycles.